The molecule has 0 saturated heterocycles. The fourth-order valence-electron chi connectivity index (χ4n) is 2.73. The van der Waals surface area contributed by atoms with Gasteiger partial charge in [-0.05, 0) is 57.3 Å². The van der Waals surface area contributed by atoms with Gasteiger partial charge in [0, 0.05) is 0 Å². The third kappa shape index (κ3) is 4.86. The summed E-state index contributed by atoms with van der Waals surface area (Å²) in [5.41, 5.74) is 1.47. The molecule has 0 spiro atoms. The van der Waals surface area contributed by atoms with Crippen molar-refractivity contribution in [3.63, 3.8) is 0 Å². The van der Waals surface area contributed by atoms with Gasteiger partial charge in [0.2, 0.25) is 0 Å². The second-order valence-corrected chi connectivity index (χ2v) is 5.86. The van der Waals surface area contributed by atoms with Gasteiger partial charge in [-0.1, -0.05) is 38.3 Å². The largest absolute Gasteiger partial charge is 0.0859 e. The van der Waals surface area contributed by atoms with Crippen LogP contribution in [0.2, 0.25) is 0 Å². The van der Waals surface area contributed by atoms with E-state index in [4.69, 9.17) is 0 Å². The first-order valence-corrected chi connectivity index (χ1v) is 6.73. The van der Waals surface area contributed by atoms with Gasteiger partial charge in [0.05, 0.1) is 0 Å². The van der Waals surface area contributed by atoms with Gasteiger partial charge >= 0.3 is 0 Å². The van der Waals surface area contributed by atoms with E-state index in [0.29, 0.717) is 0 Å². The molecule has 0 amide bonds. The number of hydrogen-bond acceptors (Lipinski definition) is 0. The van der Waals surface area contributed by atoms with E-state index >= 15 is 0 Å². The van der Waals surface area contributed by atoms with Crippen LogP contribution in [0.15, 0.2) is 11.6 Å². The lowest BCUT2D eigenvalue weighted by Gasteiger charge is -2.30. The van der Waals surface area contributed by atoms with Crippen molar-refractivity contribution in [1.29, 1.82) is 0 Å². The Bertz CT molecular complexity index is 190. The lowest BCUT2D eigenvalue weighted by atomic mass is 9.75. The molecular weight excluding hydrogens is 180 g/mol. The first-order chi connectivity index (χ1) is 7.09. The summed E-state index contributed by atoms with van der Waals surface area (Å²) in [5.74, 6) is 2.95. The average Bonchev–Trinajstić information content (AvgIpc) is 2.18. The monoisotopic (exact) mass is 208 g/mol. The van der Waals surface area contributed by atoms with Crippen LogP contribution < -0.4 is 0 Å². The molecule has 0 radical (unpaired) electrons. The molecule has 1 aliphatic carbocycles. The van der Waals surface area contributed by atoms with Crippen LogP contribution in [-0.2, 0) is 0 Å². The Hall–Kier alpha value is -0.260. The highest BCUT2D eigenvalue weighted by Crippen LogP contribution is 2.34. The van der Waals surface area contributed by atoms with Gasteiger partial charge in [0.25, 0.3) is 0 Å². The third-order valence-corrected chi connectivity index (χ3v) is 4.04. The van der Waals surface area contributed by atoms with E-state index in [-0.39, 0.29) is 0 Å². The van der Waals surface area contributed by atoms with Crippen molar-refractivity contribution in [2.24, 2.45) is 17.8 Å². The molecule has 0 heteroatoms. The van der Waals surface area contributed by atoms with Crippen LogP contribution in [-0.4, -0.2) is 0 Å². The molecule has 0 bridgehead atoms. The van der Waals surface area contributed by atoms with Crippen molar-refractivity contribution in [3.05, 3.63) is 11.6 Å². The van der Waals surface area contributed by atoms with Crippen molar-refractivity contribution in [2.75, 3.05) is 0 Å². The van der Waals surface area contributed by atoms with Crippen LogP contribution in [0.3, 0.4) is 0 Å². The summed E-state index contributed by atoms with van der Waals surface area (Å²) in [5, 5.41) is 0. The van der Waals surface area contributed by atoms with Crippen LogP contribution in [0.25, 0.3) is 0 Å². The molecule has 0 aromatic heterocycles. The van der Waals surface area contributed by atoms with E-state index in [1.54, 1.807) is 0 Å². The molecule has 1 atom stereocenters. The zero-order valence-corrected chi connectivity index (χ0v) is 11.1. The van der Waals surface area contributed by atoms with Crippen molar-refractivity contribution in [3.8, 4) is 0 Å². The van der Waals surface area contributed by atoms with Crippen molar-refractivity contribution in [2.45, 2.75) is 66.2 Å². The molecule has 1 fully saturated rings. The quantitative estimate of drug-likeness (QED) is 0.557. The second kappa shape index (κ2) is 6.35. The van der Waals surface area contributed by atoms with Crippen LogP contribution in [0.4, 0.5) is 0 Å². The maximum Gasteiger partial charge on any atom is -0.0346 e. The lowest BCUT2D eigenvalue weighted by Crippen LogP contribution is -2.18. The molecule has 0 N–H and O–H groups in total. The zero-order chi connectivity index (χ0) is 11.3. The Morgan fingerprint density at radius 3 is 2.33 bits per heavy atom. The maximum atomic E-state index is 2.46. The Kier molecular flexibility index (Phi) is 5.42. The smallest absolute Gasteiger partial charge is 0.0346 e. The Morgan fingerprint density at radius 1 is 1.20 bits per heavy atom. The Labute approximate surface area is 96.2 Å². The topological polar surface area (TPSA) is 0 Å². The summed E-state index contributed by atoms with van der Waals surface area (Å²) < 4.78 is 0. The summed E-state index contributed by atoms with van der Waals surface area (Å²) in [6, 6.07) is 0. The summed E-state index contributed by atoms with van der Waals surface area (Å²) in [6.07, 6.45) is 11.0. The van der Waals surface area contributed by atoms with Crippen LogP contribution >= 0.6 is 0 Å². The minimum absolute atomic E-state index is 0.938. The first-order valence-electron chi connectivity index (χ1n) is 6.73. The molecule has 1 saturated carbocycles. The molecular formula is C15H28. The molecule has 1 aliphatic rings. The van der Waals surface area contributed by atoms with Gasteiger partial charge in [-0.25, -0.2) is 0 Å². The zero-order valence-electron chi connectivity index (χ0n) is 11.1. The van der Waals surface area contributed by atoms with Gasteiger partial charge in [0.1, 0.15) is 0 Å². The standard InChI is InChI=1S/C15H28/c1-12(2)6-5-7-14(4)15-10-8-13(3)9-11-15/h6,13-15H,5,7-11H2,1-4H3. The Balaban J connectivity index is 2.22. The van der Waals surface area contributed by atoms with E-state index in [0.717, 1.165) is 17.8 Å². The molecule has 1 unspecified atom stereocenters. The molecule has 1 rings (SSSR count). The highest BCUT2D eigenvalue weighted by molar-refractivity contribution is 4.93. The van der Waals surface area contributed by atoms with E-state index in [9.17, 15) is 0 Å². The van der Waals surface area contributed by atoms with E-state index in [2.05, 4.69) is 33.8 Å². The molecule has 0 aromatic rings. The number of allylic oxidation sites excluding steroid dienone is 2. The fourth-order valence-corrected chi connectivity index (χ4v) is 2.73. The van der Waals surface area contributed by atoms with E-state index in [1.807, 2.05) is 0 Å². The number of rotatable bonds is 4. The van der Waals surface area contributed by atoms with Gasteiger partial charge in [-0.3, -0.25) is 0 Å². The Morgan fingerprint density at radius 2 is 1.80 bits per heavy atom. The van der Waals surface area contributed by atoms with E-state index in [1.165, 1.54) is 44.1 Å². The first kappa shape index (κ1) is 12.8. The van der Waals surface area contributed by atoms with Crippen LogP contribution in [0.5, 0.6) is 0 Å². The molecule has 0 aliphatic heterocycles. The van der Waals surface area contributed by atoms with Crippen molar-refractivity contribution < 1.29 is 0 Å². The average molecular weight is 208 g/mol. The summed E-state index contributed by atoms with van der Waals surface area (Å²) in [4.78, 5) is 0. The van der Waals surface area contributed by atoms with Gasteiger partial charge in [-0.2, -0.15) is 0 Å². The fraction of sp³-hybridized carbons (Fsp3) is 0.867. The van der Waals surface area contributed by atoms with Crippen molar-refractivity contribution in [1.82, 2.24) is 0 Å². The summed E-state index contributed by atoms with van der Waals surface area (Å²) in [6.45, 7) is 9.27. The maximum absolute atomic E-state index is 2.46. The predicted molar refractivity (Wildman–Crippen MR) is 69.0 cm³/mol. The predicted octanol–water partition coefficient (Wildman–Crippen LogP) is 5.20. The summed E-state index contributed by atoms with van der Waals surface area (Å²) in [7, 11) is 0. The highest BCUT2D eigenvalue weighted by Gasteiger charge is 2.22. The van der Waals surface area contributed by atoms with Crippen LogP contribution in [0.1, 0.15) is 66.2 Å². The lowest BCUT2D eigenvalue weighted by molar-refractivity contribution is 0.216. The SMILES string of the molecule is CC(C)=CCCC(C)C1CCC(C)CC1. The molecule has 0 heterocycles. The van der Waals surface area contributed by atoms with Gasteiger partial charge in [0.15, 0.2) is 0 Å². The van der Waals surface area contributed by atoms with Crippen LogP contribution in [0, 0.1) is 17.8 Å². The normalized spacial score (nSPS) is 28.5. The minimum Gasteiger partial charge on any atom is -0.0859 e. The minimum atomic E-state index is 0.938. The summed E-state index contributed by atoms with van der Waals surface area (Å²) >= 11 is 0. The molecule has 15 heavy (non-hydrogen) atoms. The van der Waals surface area contributed by atoms with Gasteiger partial charge < -0.3 is 0 Å². The third-order valence-electron chi connectivity index (χ3n) is 4.04. The number of hydrogen-bond donors (Lipinski definition) is 0. The van der Waals surface area contributed by atoms with Gasteiger partial charge in [-0.15, -0.1) is 0 Å². The highest BCUT2D eigenvalue weighted by atomic mass is 14.3. The molecule has 0 aromatic carbocycles. The van der Waals surface area contributed by atoms with E-state index < -0.39 is 0 Å². The molecule has 88 valence electrons. The second-order valence-electron chi connectivity index (χ2n) is 5.86. The van der Waals surface area contributed by atoms with Crippen molar-refractivity contribution >= 4 is 0 Å². The molecule has 0 nitrogen and oxygen atoms in total.